The Balaban J connectivity index is 2.26. The Morgan fingerprint density at radius 1 is 1.15 bits per heavy atom. The Morgan fingerprint density at radius 2 is 1.73 bits per heavy atom. The maximum atomic E-state index is 12.7. The van der Waals surface area contributed by atoms with Crippen LogP contribution in [0.2, 0.25) is 0 Å². The first kappa shape index (κ1) is 19.8. The Kier molecular flexibility index (Phi) is 5.34. The lowest BCUT2D eigenvalue weighted by atomic mass is 9.95. The molecule has 0 saturated carbocycles. The molecular formula is C18H20F3NO4. The molecule has 1 heterocycles. The molecule has 0 bridgehead atoms. The highest BCUT2D eigenvalue weighted by Gasteiger charge is 2.35. The normalized spacial score (nSPS) is 18.3. The SMILES string of the molecule is CC(C)(C)OC(=O)N1CCC(c2ccc(C(F)(F)F)cc2)=CC1C(=O)O. The predicted molar refractivity (Wildman–Crippen MR) is 88.4 cm³/mol. The molecule has 1 amide bonds. The van der Waals surface area contributed by atoms with Crippen molar-refractivity contribution in [1.82, 2.24) is 4.90 Å². The van der Waals surface area contributed by atoms with Crippen LogP contribution in [0.25, 0.3) is 5.57 Å². The van der Waals surface area contributed by atoms with Gasteiger partial charge in [-0.1, -0.05) is 12.1 Å². The molecule has 5 nitrogen and oxygen atoms in total. The van der Waals surface area contributed by atoms with Crippen LogP contribution in [-0.2, 0) is 15.7 Å². The number of hydrogen-bond donors (Lipinski definition) is 1. The molecule has 1 aliphatic rings. The number of benzene rings is 1. The lowest BCUT2D eigenvalue weighted by Gasteiger charge is -2.33. The molecule has 1 N–H and O–H groups in total. The molecule has 1 aromatic carbocycles. The van der Waals surface area contributed by atoms with Gasteiger partial charge in [0, 0.05) is 6.54 Å². The highest BCUT2D eigenvalue weighted by molar-refractivity contribution is 5.86. The van der Waals surface area contributed by atoms with Gasteiger partial charge >= 0.3 is 18.2 Å². The van der Waals surface area contributed by atoms with Crippen molar-refractivity contribution < 1.29 is 32.6 Å². The number of hydrogen-bond acceptors (Lipinski definition) is 3. The van der Waals surface area contributed by atoms with E-state index in [1.165, 1.54) is 18.2 Å². The Hall–Kier alpha value is -2.51. The Labute approximate surface area is 149 Å². The van der Waals surface area contributed by atoms with Gasteiger partial charge in [0.1, 0.15) is 5.60 Å². The third kappa shape index (κ3) is 4.77. The third-order valence-corrected chi connectivity index (χ3v) is 3.78. The molecule has 0 fully saturated rings. The van der Waals surface area contributed by atoms with Crippen LogP contribution in [0.15, 0.2) is 30.3 Å². The minimum absolute atomic E-state index is 0.0960. The number of rotatable bonds is 2. The number of aliphatic carboxylic acids is 1. The van der Waals surface area contributed by atoms with Crippen LogP contribution >= 0.6 is 0 Å². The van der Waals surface area contributed by atoms with Crippen molar-refractivity contribution in [2.24, 2.45) is 0 Å². The van der Waals surface area contributed by atoms with Crippen LogP contribution < -0.4 is 0 Å². The molecule has 1 unspecified atom stereocenters. The van der Waals surface area contributed by atoms with Crippen LogP contribution in [0.4, 0.5) is 18.0 Å². The molecule has 26 heavy (non-hydrogen) atoms. The minimum atomic E-state index is -4.43. The first-order valence-corrected chi connectivity index (χ1v) is 7.99. The summed E-state index contributed by atoms with van der Waals surface area (Å²) in [5, 5.41) is 9.43. The van der Waals surface area contributed by atoms with E-state index in [0.29, 0.717) is 17.6 Å². The molecule has 0 radical (unpaired) electrons. The molecule has 1 aromatic rings. The lowest BCUT2D eigenvalue weighted by Crippen LogP contribution is -2.48. The van der Waals surface area contributed by atoms with E-state index in [2.05, 4.69) is 0 Å². The van der Waals surface area contributed by atoms with Crippen LogP contribution in [0.3, 0.4) is 0 Å². The summed E-state index contributed by atoms with van der Waals surface area (Å²) in [7, 11) is 0. The van der Waals surface area contributed by atoms with E-state index in [1.807, 2.05) is 0 Å². The van der Waals surface area contributed by atoms with E-state index >= 15 is 0 Å². The molecule has 0 spiro atoms. The van der Waals surface area contributed by atoms with E-state index in [-0.39, 0.29) is 6.54 Å². The van der Waals surface area contributed by atoms with Crippen LogP contribution in [0.1, 0.15) is 38.3 Å². The largest absolute Gasteiger partial charge is 0.479 e. The van der Waals surface area contributed by atoms with Crippen molar-refractivity contribution in [3.63, 3.8) is 0 Å². The van der Waals surface area contributed by atoms with Gasteiger partial charge in [-0.2, -0.15) is 13.2 Å². The van der Waals surface area contributed by atoms with Gasteiger partial charge in [0.2, 0.25) is 0 Å². The summed E-state index contributed by atoms with van der Waals surface area (Å²) in [6.07, 6.45) is -3.49. The van der Waals surface area contributed by atoms with E-state index in [0.717, 1.165) is 17.0 Å². The monoisotopic (exact) mass is 371 g/mol. The molecule has 142 valence electrons. The molecule has 0 aliphatic carbocycles. The molecule has 0 aromatic heterocycles. The molecule has 1 atom stereocenters. The zero-order valence-electron chi connectivity index (χ0n) is 14.6. The summed E-state index contributed by atoms with van der Waals surface area (Å²) in [5.41, 5.74) is -0.473. The number of halogens is 3. The zero-order valence-corrected chi connectivity index (χ0v) is 14.6. The van der Waals surface area contributed by atoms with Gasteiger partial charge in [0.25, 0.3) is 0 Å². The quantitative estimate of drug-likeness (QED) is 0.847. The number of carbonyl (C=O) groups is 2. The molecular weight excluding hydrogens is 351 g/mol. The number of nitrogens with zero attached hydrogens (tertiary/aromatic N) is 1. The fourth-order valence-electron chi connectivity index (χ4n) is 2.59. The number of ether oxygens (including phenoxy) is 1. The van der Waals surface area contributed by atoms with E-state index in [4.69, 9.17) is 4.74 Å². The fourth-order valence-corrected chi connectivity index (χ4v) is 2.59. The van der Waals surface area contributed by atoms with Crippen molar-refractivity contribution >= 4 is 17.6 Å². The van der Waals surface area contributed by atoms with Gasteiger partial charge in [0.05, 0.1) is 5.56 Å². The van der Waals surface area contributed by atoms with Crippen molar-refractivity contribution in [2.75, 3.05) is 6.54 Å². The van der Waals surface area contributed by atoms with E-state index < -0.39 is 35.4 Å². The van der Waals surface area contributed by atoms with Crippen molar-refractivity contribution in [3.8, 4) is 0 Å². The fraction of sp³-hybridized carbons (Fsp3) is 0.444. The summed E-state index contributed by atoms with van der Waals surface area (Å²) >= 11 is 0. The summed E-state index contributed by atoms with van der Waals surface area (Å²) in [6, 6.07) is 3.27. The highest BCUT2D eigenvalue weighted by Crippen LogP contribution is 2.32. The zero-order chi connectivity index (χ0) is 19.7. The second kappa shape index (κ2) is 7.01. The third-order valence-electron chi connectivity index (χ3n) is 3.78. The van der Waals surface area contributed by atoms with Crippen LogP contribution in [-0.4, -0.2) is 40.3 Å². The first-order valence-electron chi connectivity index (χ1n) is 7.99. The maximum Gasteiger partial charge on any atom is 0.416 e. The number of carboxylic acid groups (broad SMARTS) is 1. The summed E-state index contributed by atoms with van der Waals surface area (Å²) in [4.78, 5) is 24.9. The Morgan fingerprint density at radius 3 is 2.19 bits per heavy atom. The molecule has 8 heteroatoms. The topological polar surface area (TPSA) is 66.8 Å². The minimum Gasteiger partial charge on any atom is -0.479 e. The number of carboxylic acids is 1. The summed E-state index contributed by atoms with van der Waals surface area (Å²) < 4.78 is 43.2. The number of carbonyl (C=O) groups excluding carboxylic acids is 1. The average molecular weight is 371 g/mol. The molecule has 0 saturated heterocycles. The second-order valence-electron chi connectivity index (χ2n) is 6.97. The smallest absolute Gasteiger partial charge is 0.416 e. The second-order valence-corrected chi connectivity index (χ2v) is 6.97. The predicted octanol–water partition coefficient (Wildman–Crippen LogP) is 4.18. The summed E-state index contributed by atoms with van der Waals surface area (Å²) in [5.74, 6) is -1.24. The van der Waals surface area contributed by atoms with Gasteiger partial charge in [-0.3, -0.25) is 4.90 Å². The number of amides is 1. The summed E-state index contributed by atoms with van der Waals surface area (Å²) in [6.45, 7) is 5.12. The first-order chi connectivity index (χ1) is 11.9. The van der Waals surface area contributed by atoms with E-state index in [1.54, 1.807) is 20.8 Å². The van der Waals surface area contributed by atoms with Gasteiger partial charge in [-0.15, -0.1) is 0 Å². The highest BCUT2D eigenvalue weighted by atomic mass is 19.4. The van der Waals surface area contributed by atoms with Crippen molar-refractivity contribution in [2.45, 2.75) is 45.0 Å². The van der Waals surface area contributed by atoms with E-state index in [9.17, 15) is 27.9 Å². The van der Waals surface area contributed by atoms with Gasteiger partial charge < -0.3 is 9.84 Å². The average Bonchev–Trinajstić information content (AvgIpc) is 2.52. The number of alkyl halides is 3. The molecule has 2 rings (SSSR count). The van der Waals surface area contributed by atoms with Crippen LogP contribution in [0.5, 0.6) is 0 Å². The Bertz CT molecular complexity index is 717. The van der Waals surface area contributed by atoms with Gasteiger partial charge in [-0.25, -0.2) is 9.59 Å². The molecule has 1 aliphatic heterocycles. The van der Waals surface area contributed by atoms with Crippen LogP contribution in [0, 0.1) is 0 Å². The standard InChI is InChI=1S/C18H20F3NO4/c1-17(2,3)26-16(25)22-9-8-12(10-14(22)15(23)24)11-4-6-13(7-5-11)18(19,20)21/h4-7,10,14H,8-9H2,1-3H3,(H,23,24). The lowest BCUT2D eigenvalue weighted by molar-refractivity contribution is -0.141. The maximum absolute atomic E-state index is 12.7. The van der Waals surface area contributed by atoms with Crippen molar-refractivity contribution in [1.29, 1.82) is 0 Å². The van der Waals surface area contributed by atoms with Crippen molar-refractivity contribution in [3.05, 3.63) is 41.5 Å². The van der Waals surface area contributed by atoms with Gasteiger partial charge in [-0.05, 0) is 56.5 Å². The van der Waals surface area contributed by atoms with Gasteiger partial charge in [0.15, 0.2) is 6.04 Å².